The topological polar surface area (TPSA) is 49.4 Å². The molecule has 110 valence electrons. The van der Waals surface area contributed by atoms with E-state index < -0.39 is 15.7 Å². The van der Waals surface area contributed by atoms with Crippen molar-refractivity contribution in [3.8, 4) is 0 Å². The number of halogens is 1. The molecule has 2 atom stereocenters. The predicted octanol–water partition coefficient (Wildman–Crippen LogP) is 1.27. The Morgan fingerprint density at radius 2 is 2.05 bits per heavy atom. The van der Waals surface area contributed by atoms with Crippen LogP contribution in [0.2, 0.25) is 0 Å². The number of nitrogens with zero attached hydrogens (tertiary/aromatic N) is 1. The number of hydrogen-bond acceptors (Lipinski definition) is 4. The maximum Gasteiger partial charge on any atom is 0.175 e. The minimum Gasteiger partial charge on any atom is -0.369 e. The zero-order valence-corrected chi connectivity index (χ0v) is 12.3. The third kappa shape index (κ3) is 2.54. The maximum atomic E-state index is 14.2. The Balaban J connectivity index is 1.84. The van der Waals surface area contributed by atoms with Gasteiger partial charge in [0.25, 0.3) is 0 Å². The van der Waals surface area contributed by atoms with Gasteiger partial charge < -0.3 is 10.2 Å². The van der Waals surface area contributed by atoms with Crippen LogP contribution in [0.3, 0.4) is 0 Å². The molecule has 1 N–H and O–H groups in total. The van der Waals surface area contributed by atoms with Crippen molar-refractivity contribution >= 4 is 15.5 Å². The molecule has 0 aromatic heterocycles. The van der Waals surface area contributed by atoms with E-state index >= 15 is 0 Å². The molecule has 2 saturated heterocycles. The van der Waals surface area contributed by atoms with E-state index in [-0.39, 0.29) is 4.90 Å². The molecule has 2 heterocycles. The number of piperidine rings is 1. The first-order valence-corrected chi connectivity index (χ1v) is 8.79. The average Bonchev–Trinajstić information content (AvgIpc) is 2.84. The van der Waals surface area contributed by atoms with Crippen molar-refractivity contribution in [2.24, 2.45) is 11.8 Å². The van der Waals surface area contributed by atoms with Crippen LogP contribution in [0.1, 0.15) is 6.42 Å². The molecule has 0 amide bonds. The van der Waals surface area contributed by atoms with Crippen LogP contribution in [0, 0.1) is 17.7 Å². The zero-order chi connectivity index (χ0) is 14.3. The summed E-state index contributed by atoms with van der Waals surface area (Å²) in [7, 11) is -3.36. The molecule has 1 aromatic rings. The molecule has 2 unspecified atom stereocenters. The first kappa shape index (κ1) is 13.8. The third-order valence-corrected chi connectivity index (χ3v) is 5.50. The Bertz CT molecular complexity index is 618. The fourth-order valence-corrected chi connectivity index (χ4v) is 3.86. The second-order valence-electron chi connectivity index (χ2n) is 5.80. The molecule has 0 bridgehead atoms. The van der Waals surface area contributed by atoms with Crippen LogP contribution in [0.5, 0.6) is 0 Å². The molecular weight excluding hydrogens is 279 g/mol. The molecule has 0 spiro atoms. The summed E-state index contributed by atoms with van der Waals surface area (Å²) < 4.78 is 37.1. The summed E-state index contributed by atoms with van der Waals surface area (Å²) in [6, 6.07) is 4.21. The van der Waals surface area contributed by atoms with E-state index in [4.69, 9.17) is 0 Å². The van der Waals surface area contributed by atoms with Gasteiger partial charge in [-0.3, -0.25) is 0 Å². The summed E-state index contributed by atoms with van der Waals surface area (Å²) >= 11 is 0. The Morgan fingerprint density at radius 3 is 2.75 bits per heavy atom. The summed E-state index contributed by atoms with van der Waals surface area (Å²) in [5.74, 6) is 0.819. The van der Waals surface area contributed by atoms with E-state index in [9.17, 15) is 12.8 Å². The number of fused-ring (bicyclic) bond motifs is 1. The monoisotopic (exact) mass is 298 g/mol. The van der Waals surface area contributed by atoms with E-state index in [0.717, 1.165) is 44.9 Å². The van der Waals surface area contributed by atoms with Crippen LogP contribution in [0.25, 0.3) is 0 Å². The number of anilines is 1. The van der Waals surface area contributed by atoms with Crippen LogP contribution in [0.15, 0.2) is 23.1 Å². The first-order chi connectivity index (χ1) is 9.45. The van der Waals surface area contributed by atoms with Gasteiger partial charge in [0, 0.05) is 19.3 Å². The van der Waals surface area contributed by atoms with Crippen LogP contribution in [-0.2, 0) is 9.84 Å². The first-order valence-electron chi connectivity index (χ1n) is 6.90. The highest BCUT2D eigenvalue weighted by Gasteiger charge is 2.33. The fourth-order valence-electron chi connectivity index (χ4n) is 3.23. The second-order valence-corrected chi connectivity index (χ2v) is 7.81. The lowest BCUT2D eigenvalue weighted by Gasteiger charge is -2.36. The Hall–Kier alpha value is -1.14. The molecule has 0 aliphatic carbocycles. The van der Waals surface area contributed by atoms with Crippen LogP contribution in [0.4, 0.5) is 10.1 Å². The standard InChI is InChI=1S/C14H19FN2O2S/c1-20(18,19)12-2-3-14(13(15)6-12)17-5-4-10-7-16-8-11(10)9-17/h2-3,6,10-11,16H,4-5,7-9H2,1H3. The Labute approximate surface area is 118 Å². The minimum atomic E-state index is -3.36. The van der Waals surface area contributed by atoms with E-state index in [0.29, 0.717) is 17.5 Å². The SMILES string of the molecule is CS(=O)(=O)c1ccc(N2CCC3CNCC3C2)c(F)c1. The molecule has 0 radical (unpaired) electrons. The quantitative estimate of drug-likeness (QED) is 0.893. The molecule has 2 aliphatic rings. The van der Waals surface area contributed by atoms with Crippen molar-refractivity contribution in [2.75, 3.05) is 37.3 Å². The van der Waals surface area contributed by atoms with Gasteiger partial charge in [-0.1, -0.05) is 0 Å². The van der Waals surface area contributed by atoms with Gasteiger partial charge >= 0.3 is 0 Å². The minimum absolute atomic E-state index is 0.0381. The largest absolute Gasteiger partial charge is 0.369 e. The van der Waals surface area contributed by atoms with E-state index in [1.54, 1.807) is 6.07 Å². The normalized spacial score (nSPS) is 26.6. The van der Waals surface area contributed by atoms with Gasteiger partial charge in [-0.25, -0.2) is 12.8 Å². The maximum absolute atomic E-state index is 14.2. The smallest absolute Gasteiger partial charge is 0.175 e. The molecule has 2 aliphatic heterocycles. The lowest BCUT2D eigenvalue weighted by molar-refractivity contribution is 0.347. The predicted molar refractivity (Wildman–Crippen MR) is 76.2 cm³/mol. The van der Waals surface area contributed by atoms with E-state index in [2.05, 4.69) is 5.32 Å². The highest BCUT2D eigenvalue weighted by molar-refractivity contribution is 7.90. The lowest BCUT2D eigenvalue weighted by Crippen LogP contribution is -2.40. The van der Waals surface area contributed by atoms with E-state index in [1.807, 2.05) is 4.90 Å². The molecule has 4 nitrogen and oxygen atoms in total. The fraction of sp³-hybridized carbons (Fsp3) is 0.571. The highest BCUT2D eigenvalue weighted by Crippen LogP contribution is 2.31. The second kappa shape index (κ2) is 5.00. The lowest BCUT2D eigenvalue weighted by atomic mass is 9.88. The number of sulfone groups is 1. The molecule has 0 saturated carbocycles. The molecular formula is C14H19FN2O2S. The van der Waals surface area contributed by atoms with Crippen molar-refractivity contribution in [1.29, 1.82) is 0 Å². The van der Waals surface area contributed by atoms with Crippen LogP contribution >= 0.6 is 0 Å². The number of nitrogens with one attached hydrogen (secondary N) is 1. The summed E-state index contributed by atoms with van der Waals surface area (Å²) in [6.45, 7) is 3.73. The van der Waals surface area contributed by atoms with E-state index in [1.165, 1.54) is 6.07 Å². The number of hydrogen-bond donors (Lipinski definition) is 1. The summed E-state index contributed by atoms with van der Waals surface area (Å²) in [6.07, 6.45) is 2.15. The van der Waals surface area contributed by atoms with Crippen molar-refractivity contribution in [2.45, 2.75) is 11.3 Å². The highest BCUT2D eigenvalue weighted by atomic mass is 32.2. The molecule has 6 heteroatoms. The molecule has 20 heavy (non-hydrogen) atoms. The van der Waals surface area contributed by atoms with Crippen LogP contribution < -0.4 is 10.2 Å². The number of benzene rings is 1. The van der Waals surface area contributed by atoms with Gasteiger partial charge in [0.15, 0.2) is 9.84 Å². The van der Waals surface area contributed by atoms with Gasteiger partial charge in [-0.15, -0.1) is 0 Å². The van der Waals surface area contributed by atoms with Crippen molar-refractivity contribution in [1.82, 2.24) is 5.32 Å². The van der Waals surface area contributed by atoms with Crippen molar-refractivity contribution < 1.29 is 12.8 Å². The molecule has 2 fully saturated rings. The van der Waals surface area contributed by atoms with Crippen molar-refractivity contribution in [3.05, 3.63) is 24.0 Å². The summed E-state index contributed by atoms with van der Waals surface area (Å²) in [5.41, 5.74) is 0.516. The average molecular weight is 298 g/mol. The summed E-state index contributed by atoms with van der Waals surface area (Å²) in [5, 5.41) is 3.38. The summed E-state index contributed by atoms with van der Waals surface area (Å²) in [4.78, 5) is 2.08. The number of rotatable bonds is 2. The molecule has 1 aromatic carbocycles. The van der Waals surface area contributed by atoms with Gasteiger partial charge in [0.2, 0.25) is 0 Å². The van der Waals surface area contributed by atoms with Gasteiger partial charge in [0.1, 0.15) is 5.82 Å². The Morgan fingerprint density at radius 1 is 1.30 bits per heavy atom. The van der Waals surface area contributed by atoms with Crippen molar-refractivity contribution in [3.63, 3.8) is 0 Å². The molecule has 3 rings (SSSR count). The van der Waals surface area contributed by atoms with Crippen LogP contribution in [-0.4, -0.2) is 40.9 Å². The van der Waals surface area contributed by atoms with Gasteiger partial charge in [-0.05, 0) is 49.5 Å². The van der Waals surface area contributed by atoms with Gasteiger partial charge in [0.05, 0.1) is 10.6 Å². The Kier molecular flexibility index (Phi) is 3.46. The third-order valence-electron chi connectivity index (χ3n) is 4.39. The zero-order valence-electron chi connectivity index (χ0n) is 11.5. The van der Waals surface area contributed by atoms with Gasteiger partial charge in [-0.2, -0.15) is 0 Å².